The van der Waals surface area contributed by atoms with Gasteiger partial charge in [-0.15, -0.1) is 0 Å². The highest BCUT2D eigenvalue weighted by molar-refractivity contribution is 9.10. The van der Waals surface area contributed by atoms with Gasteiger partial charge in [-0.25, -0.2) is 4.79 Å². The van der Waals surface area contributed by atoms with Gasteiger partial charge in [0.15, 0.2) is 0 Å². The molecule has 0 amide bonds. The van der Waals surface area contributed by atoms with Gasteiger partial charge in [0.25, 0.3) is 0 Å². The number of hydrogen-bond acceptors (Lipinski definition) is 2. The molecule has 2 aromatic carbocycles. The van der Waals surface area contributed by atoms with E-state index in [1.807, 2.05) is 25.1 Å². The fraction of sp³-hybridized carbons (Fsp3) is 0.235. The minimum Gasteiger partial charge on any atom is -0.478 e. The smallest absolute Gasteiger partial charge is 0.335 e. The van der Waals surface area contributed by atoms with Gasteiger partial charge in [0.05, 0.1) is 5.56 Å². The molecule has 0 heterocycles. The Balaban J connectivity index is 2.43. The lowest BCUT2D eigenvalue weighted by Crippen LogP contribution is -1.99. The first-order valence-corrected chi connectivity index (χ1v) is 7.49. The highest BCUT2D eigenvalue weighted by Crippen LogP contribution is 2.34. The molecule has 110 valence electrons. The van der Waals surface area contributed by atoms with Crippen molar-refractivity contribution in [1.29, 1.82) is 0 Å². The Morgan fingerprint density at radius 3 is 2.48 bits per heavy atom. The molecule has 0 aromatic heterocycles. The maximum Gasteiger partial charge on any atom is 0.335 e. The van der Waals surface area contributed by atoms with Crippen LogP contribution in [0.15, 0.2) is 40.9 Å². The van der Waals surface area contributed by atoms with Crippen LogP contribution >= 0.6 is 15.9 Å². The highest BCUT2D eigenvalue weighted by atomic mass is 79.9. The molecule has 0 bridgehead atoms. The second-order valence-corrected chi connectivity index (χ2v) is 6.14. The molecule has 21 heavy (non-hydrogen) atoms. The normalized spacial score (nSPS) is 10.7. The van der Waals surface area contributed by atoms with Crippen LogP contribution in [0.5, 0.6) is 11.5 Å². The third-order valence-electron chi connectivity index (χ3n) is 3.25. The SMILES string of the molecule is Cc1ccc(C(=O)O)cc1Oc1ccc(Br)cc1C(C)C. The first-order valence-electron chi connectivity index (χ1n) is 6.69. The lowest BCUT2D eigenvalue weighted by atomic mass is 10.0. The van der Waals surface area contributed by atoms with Crippen molar-refractivity contribution < 1.29 is 14.6 Å². The monoisotopic (exact) mass is 348 g/mol. The van der Waals surface area contributed by atoms with Crippen LogP contribution in [0.1, 0.15) is 41.3 Å². The second-order valence-electron chi connectivity index (χ2n) is 5.22. The van der Waals surface area contributed by atoms with E-state index >= 15 is 0 Å². The number of carboxylic acid groups (broad SMARTS) is 1. The number of aromatic carboxylic acids is 1. The fourth-order valence-electron chi connectivity index (χ4n) is 2.02. The van der Waals surface area contributed by atoms with Crippen molar-refractivity contribution in [3.63, 3.8) is 0 Å². The second kappa shape index (κ2) is 6.31. The number of halogens is 1. The standard InChI is InChI=1S/C17H17BrO3/c1-10(2)14-9-13(18)6-7-15(14)21-16-8-12(17(19)20)5-4-11(16)3/h4-10H,1-3H3,(H,19,20). The molecule has 0 fully saturated rings. The third-order valence-corrected chi connectivity index (χ3v) is 3.74. The first-order chi connectivity index (χ1) is 9.88. The third kappa shape index (κ3) is 3.64. The van der Waals surface area contributed by atoms with Gasteiger partial charge in [-0.3, -0.25) is 0 Å². The van der Waals surface area contributed by atoms with Crippen molar-refractivity contribution in [3.05, 3.63) is 57.6 Å². The molecular formula is C17H17BrO3. The zero-order valence-corrected chi connectivity index (χ0v) is 13.8. The van der Waals surface area contributed by atoms with Gasteiger partial charge in [-0.1, -0.05) is 35.8 Å². The Kier molecular flexibility index (Phi) is 4.68. The molecule has 2 aromatic rings. The molecule has 0 aliphatic heterocycles. The summed E-state index contributed by atoms with van der Waals surface area (Å²) in [5.74, 6) is 0.665. The van der Waals surface area contributed by atoms with E-state index in [4.69, 9.17) is 9.84 Å². The number of carboxylic acids is 1. The number of carbonyl (C=O) groups is 1. The first kappa shape index (κ1) is 15.6. The van der Waals surface area contributed by atoms with Crippen LogP contribution in [-0.2, 0) is 0 Å². The van der Waals surface area contributed by atoms with Gasteiger partial charge in [0.2, 0.25) is 0 Å². The molecule has 0 saturated heterocycles. The van der Waals surface area contributed by atoms with E-state index in [0.717, 1.165) is 21.3 Å². The average Bonchev–Trinajstić information content (AvgIpc) is 2.42. The molecule has 2 rings (SSSR count). The largest absolute Gasteiger partial charge is 0.478 e. The Hall–Kier alpha value is -1.81. The van der Waals surface area contributed by atoms with E-state index in [1.54, 1.807) is 18.2 Å². The summed E-state index contributed by atoms with van der Waals surface area (Å²) in [7, 11) is 0. The molecule has 0 radical (unpaired) electrons. The van der Waals surface area contributed by atoms with Gasteiger partial charge in [0.1, 0.15) is 11.5 Å². The molecule has 1 N–H and O–H groups in total. The summed E-state index contributed by atoms with van der Waals surface area (Å²) >= 11 is 3.46. The van der Waals surface area contributed by atoms with E-state index in [2.05, 4.69) is 29.8 Å². The molecule has 0 aliphatic rings. The number of ether oxygens (including phenoxy) is 1. The Morgan fingerprint density at radius 1 is 1.14 bits per heavy atom. The van der Waals surface area contributed by atoms with E-state index in [-0.39, 0.29) is 5.56 Å². The van der Waals surface area contributed by atoms with Crippen molar-refractivity contribution >= 4 is 21.9 Å². The van der Waals surface area contributed by atoms with Crippen molar-refractivity contribution in [2.24, 2.45) is 0 Å². The molecule has 4 heteroatoms. The molecule has 0 aliphatic carbocycles. The van der Waals surface area contributed by atoms with Gasteiger partial charge in [-0.05, 0) is 54.3 Å². The fourth-order valence-corrected chi connectivity index (χ4v) is 2.40. The van der Waals surface area contributed by atoms with Crippen LogP contribution in [0.3, 0.4) is 0 Å². The van der Waals surface area contributed by atoms with E-state index in [1.165, 1.54) is 0 Å². The molecule has 0 atom stereocenters. The van der Waals surface area contributed by atoms with Gasteiger partial charge in [0, 0.05) is 4.47 Å². The lowest BCUT2D eigenvalue weighted by Gasteiger charge is -2.16. The van der Waals surface area contributed by atoms with E-state index in [0.29, 0.717) is 11.7 Å². The Labute approximate surface area is 132 Å². The van der Waals surface area contributed by atoms with Gasteiger partial charge < -0.3 is 9.84 Å². The predicted molar refractivity (Wildman–Crippen MR) is 86.4 cm³/mol. The average molecular weight is 349 g/mol. The lowest BCUT2D eigenvalue weighted by molar-refractivity contribution is 0.0696. The summed E-state index contributed by atoms with van der Waals surface area (Å²) in [5.41, 5.74) is 2.20. The van der Waals surface area contributed by atoms with Crippen molar-refractivity contribution in [2.45, 2.75) is 26.7 Å². The molecule has 3 nitrogen and oxygen atoms in total. The Morgan fingerprint density at radius 2 is 1.86 bits per heavy atom. The predicted octanol–water partition coefficient (Wildman–Crippen LogP) is 5.37. The number of rotatable bonds is 4. The van der Waals surface area contributed by atoms with Crippen LogP contribution in [0.2, 0.25) is 0 Å². The molecular weight excluding hydrogens is 332 g/mol. The van der Waals surface area contributed by atoms with Crippen molar-refractivity contribution in [3.8, 4) is 11.5 Å². The van der Waals surface area contributed by atoms with Crippen LogP contribution in [0.25, 0.3) is 0 Å². The molecule has 0 spiro atoms. The summed E-state index contributed by atoms with van der Waals surface area (Å²) < 4.78 is 6.96. The zero-order chi connectivity index (χ0) is 15.6. The van der Waals surface area contributed by atoms with Crippen LogP contribution in [0, 0.1) is 6.92 Å². The number of benzene rings is 2. The summed E-state index contributed by atoms with van der Waals surface area (Å²) in [4.78, 5) is 11.1. The minimum absolute atomic E-state index is 0.221. The van der Waals surface area contributed by atoms with Crippen molar-refractivity contribution in [2.75, 3.05) is 0 Å². The molecule has 0 saturated carbocycles. The topological polar surface area (TPSA) is 46.5 Å². The summed E-state index contributed by atoms with van der Waals surface area (Å²) in [5, 5.41) is 9.08. The van der Waals surface area contributed by atoms with Crippen molar-refractivity contribution in [1.82, 2.24) is 0 Å². The number of aryl methyl sites for hydroxylation is 1. The summed E-state index contributed by atoms with van der Waals surface area (Å²) in [6.45, 7) is 6.08. The minimum atomic E-state index is -0.959. The van der Waals surface area contributed by atoms with Crippen LogP contribution < -0.4 is 4.74 Å². The number of hydrogen-bond donors (Lipinski definition) is 1. The highest BCUT2D eigenvalue weighted by Gasteiger charge is 2.12. The maximum absolute atomic E-state index is 11.1. The summed E-state index contributed by atoms with van der Waals surface area (Å²) in [6, 6.07) is 10.7. The molecule has 0 unspecified atom stereocenters. The van der Waals surface area contributed by atoms with E-state index in [9.17, 15) is 4.79 Å². The zero-order valence-electron chi connectivity index (χ0n) is 12.2. The maximum atomic E-state index is 11.1. The van der Waals surface area contributed by atoms with Gasteiger partial charge in [-0.2, -0.15) is 0 Å². The Bertz CT molecular complexity index is 678. The summed E-state index contributed by atoms with van der Waals surface area (Å²) in [6.07, 6.45) is 0. The van der Waals surface area contributed by atoms with Crippen LogP contribution in [-0.4, -0.2) is 11.1 Å². The van der Waals surface area contributed by atoms with Gasteiger partial charge >= 0.3 is 5.97 Å². The van der Waals surface area contributed by atoms with E-state index < -0.39 is 5.97 Å². The van der Waals surface area contributed by atoms with Crippen LogP contribution in [0.4, 0.5) is 0 Å². The quantitative estimate of drug-likeness (QED) is 0.807.